The van der Waals surface area contributed by atoms with Gasteiger partial charge < -0.3 is 15.5 Å². The number of pyridine rings is 2. The number of aliphatic carboxylic acids is 1. The number of nitrogens with zero attached hydrogens (tertiary/aromatic N) is 2. The molecule has 24 heavy (non-hydrogen) atoms. The standard InChI is InChI=1S/C16H17N3O5/c20-11(21)8-18-15(23)12-13(22)10-2-1-6-17-14(10)19(16(12)24)7-5-9-3-4-9/h1-2,6,9,22H,3-5,7-8H2,(H,18,23)(H,20,21). The van der Waals surface area contributed by atoms with Crippen molar-refractivity contribution in [1.29, 1.82) is 0 Å². The topological polar surface area (TPSA) is 122 Å². The molecule has 3 N–H and O–H groups in total. The third kappa shape index (κ3) is 3.08. The Morgan fingerprint density at radius 3 is 2.79 bits per heavy atom. The van der Waals surface area contributed by atoms with Crippen molar-refractivity contribution in [3.8, 4) is 5.75 Å². The number of hydrogen-bond acceptors (Lipinski definition) is 5. The predicted molar refractivity (Wildman–Crippen MR) is 85.0 cm³/mol. The monoisotopic (exact) mass is 331 g/mol. The van der Waals surface area contributed by atoms with E-state index in [4.69, 9.17) is 5.11 Å². The van der Waals surface area contributed by atoms with Gasteiger partial charge in [0.05, 0.1) is 5.39 Å². The summed E-state index contributed by atoms with van der Waals surface area (Å²) in [6, 6.07) is 3.16. The molecule has 0 aliphatic heterocycles. The quantitative estimate of drug-likeness (QED) is 0.717. The minimum Gasteiger partial charge on any atom is -0.506 e. The largest absolute Gasteiger partial charge is 0.506 e. The molecule has 0 bridgehead atoms. The number of fused-ring (bicyclic) bond motifs is 1. The van der Waals surface area contributed by atoms with Crippen LogP contribution in [0.3, 0.4) is 0 Å². The van der Waals surface area contributed by atoms with Gasteiger partial charge in [-0.25, -0.2) is 4.98 Å². The van der Waals surface area contributed by atoms with Crippen LogP contribution in [0.5, 0.6) is 5.75 Å². The molecule has 8 heteroatoms. The van der Waals surface area contributed by atoms with Crippen LogP contribution in [0.2, 0.25) is 0 Å². The summed E-state index contributed by atoms with van der Waals surface area (Å²) < 4.78 is 1.38. The molecule has 126 valence electrons. The van der Waals surface area contributed by atoms with Crippen LogP contribution in [0.1, 0.15) is 29.6 Å². The molecule has 3 rings (SSSR count). The summed E-state index contributed by atoms with van der Waals surface area (Å²) >= 11 is 0. The summed E-state index contributed by atoms with van der Waals surface area (Å²) in [7, 11) is 0. The van der Waals surface area contributed by atoms with Gasteiger partial charge in [0.2, 0.25) is 0 Å². The van der Waals surface area contributed by atoms with Gasteiger partial charge in [-0.15, -0.1) is 0 Å². The number of carboxylic acid groups (broad SMARTS) is 1. The van der Waals surface area contributed by atoms with Gasteiger partial charge in [-0.2, -0.15) is 0 Å². The number of carbonyl (C=O) groups is 2. The van der Waals surface area contributed by atoms with Gasteiger partial charge in [-0.1, -0.05) is 12.8 Å². The molecule has 1 fully saturated rings. The lowest BCUT2D eigenvalue weighted by Gasteiger charge is -2.13. The minimum absolute atomic E-state index is 0.286. The molecule has 2 heterocycles. The Kier molecular flexibility index (Phi) is 4.20. The number of nitrogens with one attached hydrogen (secondary N) is 1. The van der Waals surface area contributed by atoms with E-state index in [9.17, 15) is 19.5 Å². The van der Waals surface area contributed by atoms with E-state index in [2.05, 4.69) is 10.3 Å². The molecule has 2 aromatic rings. The molecule has 0 aromatic carbocycles. The first kappa shape index (κ1) is 16.0. The lowest BCUT2D eigenvalue weighted by Crippen LogP contribution is -2.36. The Balaban J connectivity index is 2.08. The first-order chi connectivity index (χ1) is 11.5. The zero-order chi connectivity index (χ0) is 17.3. The summed E-state index contributed by atoms with van der Waals surface area (Å²) in [5.41, 5.74) is -0.801. The lowest BCUT2D eigenvalue weighted by atomic mass is 10.1. The molecule has 1 aliphatic carbocycles. The second-order valence-corrected chi connectivity index (χ2v) is 5.86. The SMILES string of the molecule is O=C(O)CNC(=O)c1c(O)c2cccnc2n(CCC2CC2)c1=O. The van der Waals surface area contributed by atoms with Gasteiger partial charge in [-0.3, -0.25) is 19.0 Å². The number of rotatable bonds is 6. The second-order valence-electron chi connectivity index (χ2n) is 5.86. The fraction of sp³-hybridized carbons (Fsp3) is 0.375. The third-order valence-electron chi connectivity index (χ3n) is 4.08. The van der Waals surface area contributed by atoms with E-state index >= 15 is 0 Å². The van der Waals surface area contributed by atoms with Crippen LogP contribution in [0.4, 0.5) is 0 Å². The van der Waals surface area contributed by atoms with Crippen LogP contribution in [-0.2, 0) is 11.3 Å². The van der Waals surface area contributed by atoms with E-state index < -0.39 is 35.3 Å². The van der Waals surface area contributed by atoms with Crippen LogP contribution in [0.15, 0.2) is 23.1 Å². The lowest BCUT2D eigenvalue weighted by molar-refractivity contribution is -0.135. The van der Waals surface area contributed by atoms with E-state index in [1.165, 1.54) is 10.8 Å². The highest BCUT2D eigenvalue weighted by Gasteiger charge is 2.25. The van der Waals surface area contributed by atoms with E-state index in [1.54, 1.807) is 12.1 Å². The maximum Gasteiger partial charge on any atom is 0.322 e. The van der Waals surface area contributed by atoms with E-state index in [1.807, 2.05) is 0 Å². The molecular weight excluding hydrogens is 314 g/mol. The maximum atomic E-state index is 12.7. The highest BCUT2D eigenvalue weighted by atomic mass is 16.4. The van der Waals surface area contributed by atoms with Crippen molar-refractivity contribution in [2.24, 2.45) is 5.92 Å². The van der Waals surface area contributed by atoms with Gasteiger partial charge in [0, 0.05) is 12.7 Å². The van der Waals surface area contributed by atoms with Crippen molar-refractivity contribution < 1.29 is 19.8 Å². The van der Waals surface area contributed by atoms with Crippen molar-refractivity contribution in [2.75, 3.05) is 6.54 Å². The van der Waals surface area contributed by atoms with Crippen LogP contribution in [0.25, 0.3) is 11.0 Å². The van der Waals surface area contributed by atoms with Crippen LogP contribution in [0, 0.1) is 5.92 Å². The normalized spacial score (nSPS) is 13.8. The Morgan fingerprint density at radius 2 is 2.12 bits per heavy atom. The van der Waals surface area contributed by atoms with Crippen LogP contribution >= 0.6 is 0 Å². The van der Waals surface area contributed by atoms with E-state index in [0.29, 0.717) is 18.1 Å². The second kappa shape index (κ2) is 6.31. The fourth-order valence-corrected chi connectivity index (χ4v) is 2.64. The molecule has 0 spiro atoms. The van der Waals surface area contributed by atoms with E-state index in [-0.39, 0.29) is 5.39 Å². The van der Waals surface area contributed by atoms with Gasteiger partial charge >= 0.3 is 5.97 Å². The number of amides is 1. The molecule has 1 amide bonds. The van der Waals surface area contributed by atoms with Crippen LogP contribution in [-0.4, -0.2) is 38.2 Å². The number of aromatic nitrogens is 2. The summed E-state index contributed by atoms with van der Waals surface area (Å²) in [4.78, 5) is 39.6. The number of hydrogen-bond donors (Lipinski definition) is 3. The summed E-state index contributed by atoms with van der Waals surface area (Å²) in [6.07, 6.45) is 4.57. The maximum absolute atomic E-state index is 12.7. The first-order valence-electron chi connectivity index (χ1n) is 7.69. The molecule has 0 radical (unpaired) electrons. The van der Waals surface area contributed by atoms with Crippen molar-refractivity contribution in [3.05, 3.63) is 34.2 Å². The number of carbonyl (C=O) groups excluding carboxylic acids is 1. The summed E-state index contributed by atoms with van der Waals surface area (Å²) in [5.74, 6) is -2.05. The highest BCUT2D eigenvalue weighted by Crippen LogP contribution is 2.33. The van der Waals surface area contributed by atoms with Crippen molar-refractivity contribution >= 4 is 22.9 Å². The van der Waals surface area contributed by atoms with Crippen LogP contribution < -0.4 is 10.9 Å². The van der Waals surface area contributed by atoms with Crippen molar-refractivity contribution in [1.82, 2.24) is 14.9 Å². The Labute approximate surface area is 136 Å². The predicted octanol–water partition coefficient (Wildman–Crippen LogP) is 0.717. The molecule has 1 saturated carbocycles. The van der Waals surface area contributed by atoms with E-state index in [0.717, 1.165) is 19.3 Å². The third-order valence-corrected chi connectivity index (χ3v) is 4.08. The highest BCUT2D eigenvalue weighted by molar-refractivity contribution is 6.02. The Bertz CT molecular complexity index is 870. The molecule has 1 aliphatic rings. The minimum atomic E-state index is -1.24. The zero-order valence-corrected chi connectivity index (χ0v) is 12.9. The van der Waals surface area contributed by atoms with Crippen molar-refractivity contribution in [3.63, 3.8) is 0 Å². The summed E-state index contributed by atoms with van der Waals surface area (Å²) in [6.45, 7) is -0.235. The number of carboxylic acids is 1. The first-order valence-corrected chi connectivity index (χ1v) is 7.69. The average molecular weight is 331 g/mol. The molecule has 0 unspecified atom stereocenters. The summed E-state index contributed by atoms with van der Waals surface area (Å²) in [5, 5.41) is 21.4. The van der Waals surface area contributed by atoms with Gasteiger partial charge in [0.25, 0.3) is 11.5 Å². The Hall–Kier alpha value is -2.90. The molecule has 0 saturated heterocycles. The van der Waals surface area contributed by atoms with Gasteiger partial charge in [0.1, 0.15) is 23.5 Å². The molecule has 2 aromatic heterocycles. The number of aryl methyl sites for hydroxylation is 1. The molecular formula is C16H17N3O5. The van der Waals surface area contributed by atoms with Gasteiger partial charge in [-0.05, 0) is 24.5 Å². The molecule has 0 atom stereocenters. The Morgan fingerprint density at radius 1 is 1.38 bits per heavy atom. The number of aromatic hydroxyl groups is 1. The zero-order valence-electron chi connectivity index (χ0n) is 12.9. The molecule has 8 nitrogen and oxygen atoms in total. The average Bonchev–Trinajstić information content (AvgIpc) is 3.37. The van der Waals surface area contributed by atoms with Gasteiger partial charge in [0.15, 0.2) is 0 Å². The smallest absolute Gasteiger partial charge is 0.322 e. The fourth-order valence-electron chi connectivity index (χ4n) is 2.64. The van der Waals surface area contributed by atoms with Crippen molar-refractivity contribution in [2.45, 2.75) is 25.8 Å².